The first-order valence-electron chi connectivity index (χ1n) is 11.1. The highest BCUT2D eigenvalue weighted by atomic mass is 16.2. The van der Waals surface area contributed by atoms with Gasteiger partial charge >= 0.3 is 0 Å². The molecule has 1 saturated heterocycles. The predicted octanol–water partition coefficient (Wildman–Crippen LogP) is 4.83. The van der Waals surface area contributed by atoms with E-state index < -0.39 is 0 Å². The highest BCUT2D eigenvalue weighted by Crippen LogP contribution is 2.14. The lowest BCUT2D eigenvalue weighted by Crippen LogP contribution is -2.49. The van der Waals surface area contributed by atoms with E-state index >= 15 is 0 Å². The smallest absolute Gasteiger partial charge is 0.225 e. The van der Waals surface area contributed by atoms with Gasteiger partial charge in [0.2, 0.25) is 11.9 Å². The van der Waals surface area contributed by atoms with Crippen molar-refractivity contribution in [2.24, 2.45) is 0 Å². The fourth-order valence-electron chi connectivity index (χ4n) is 3.71. The Kier molecular flexibility index (Phi) is 10.8. The number of unbranched alkanes of at least 4 members (excludes halogenated alkanes) is 10. The Balaban J connectivity index is 1.45. The lowest BCUT2D eigenvalue weighted by molar-refractivity contribution is -0.131. The summed E-state index contributed by atoms with van der Waals surface area (Å²) in [5.74, 6) is 1.09. The number of hydrogen-bond donors (Lipinski definition) is 0. The third kappa shape index (κ3) is 8.72. The minimum absolute atomic E-state index is 0.319. The van der Waals surface area contributed by atoms with Crippen molar-refractivity contribution in [3.05, 3.63) is 18.5 Å². The van der Waals surface area contributed by atoms with Gasteiger partial charge in [-0.05, 0) is 12.5 Å². The average molecular weight is 375 g/mol. The Hall–Kier alpha value is -1.65. The molecule has 0 radical (unpaired) electrons. The average Bonchev–Trinajstić information content (AvgIpc) is 2.72. The van der Waals surface area contributed by atoms with Crippen LogP contribution < -0.4 is 4.90 Å². The summed E-state index contributed by atoms with van der Waals surface area (Å²) in [4.78, 5) is 25.1. The number of carbonyl (C=O) groups excluding carboxylic acids is 1. The zero-order valence-electron chi connectivity index (χ0n) is 17.2. The van der Waals surface area contributed by atoms with E-state index in [0.717, 1.165) is 38.5 Å². The quantitative estimate of drug-likeness (QED) is 0.464. The first-order chi connectivity index (χ1) is 13.3. The van der Waals surface area contributed by atoms with Crippen molar-refractivity contribution in [1.29, 1.82) is 0 Å². The molecule has 1 fully saturated rings. The van der Waals surface area contributed by atoms with Crippen LogP contribution in [0.1, 0.15) is 84.0 Å². The first kappa shape index (κ1) is 21.6. The van der Waals surface area contributed by atoms with Crippen LogP contribution in [0.5, 0.6) is 0 Å². The minimum atomic E-state index is 0.319. The number of piperazine rings is 1. The molecule has 0 bridgehead atoms. The van der Waals surface area contributed by atoms with Crippen molar-refractivity contribution in [2.75, 3.05) is 31.1 Å². The van der Waals surface area contributed by atoms with Crippen LogP contribution in [0, 0.1) is 0 Å². The summed E-state index contributed by atoms with van der Waals surface area (Å²) >= 11 is 0. The topological polar surface area (TPSA) is 49.3 Å². The number of aromatic nitrogens is 2. The van der Waals surface area contributed by atoms with Gasteiger partial charge in [0.05, 0.1) is 0 Å². The van der Waals surface area contributed by atoms with Crippen LogP contribution in [0.2, 0.25) is 0 Å². The van der Waals surface area contributed by atoms with Gasteiger partial charge < -0.3 is 9.80 Å². The molecule has 1 aromatic rings. The number of anilines is 1. The Morgan fingerprint density at radius 1 is 0.815 bits per heavy atom. The maximum absolute atomic E-state index is 12.4. The third-order valence-corrected chi connectivity index (χ3v) is 5.46. The van der Waals surface area contributed by atoms with Crippen LogP contribution in [0.25, 0.3) is 0 Å². The van der Waals surface area contributed by atoms with E-state index in [2.05, 4.69) is 21.8 Å². The van der Waals surface area contributed by atoms with Gasteiger partial charge in [-0.2, -0.15) is 0 Å². The molecule has 0 atom stereocenters. The number of carbonyl (C=O) groups is 1. The molecule has 5 heteroatoms. The Labute approximate surface area is 165 Å². The van der Waals surface area contributed by atoms with Gasteiger partial charge in [0.1, 0.15) is 0 Å². The molecule has 1 aliphatic rings. The highest BCUT2D eigenvalue weighted by molar-refractivity contribution is 5.76. The SMILES string of the molecule is CCCCCCCCCCCCCC(=O)N1CCN(c2ncccn2)CC1. The van der Waals surface area contributed by atoms with Gasteiger partial charge in [0, 0.05) is 45.0 Å². The molecule has 2 heterocycles. The molecule has 0 N–H and O–H groups in total. The van der Waals surface area contributed by atoms with Crippen LogP contribution in [-0.4, -0.2) is 47.0 Å². The summed E-state index contributed by atoms with van der Waals surface area (Å²) in [6.07, 6.45) is 18.8. The molecule has 1 aliphatic heterocycles. The Morgan fingerprint density at radius 2 is 1.33 bits per heavy atom. The summed E-state index contributed by atoms with van der Waals surface area (Å²) in [6.45, 7) is 5.50. The normalized spacial score (nSPS) is 14.6. The van der Waals surface area contributed by atoms with Crippen molar-refractivity contribution in [3.8, 4) is 0 Å². The van der Waals surface area contributed by atoms with Crippen LogP contribution in [0.15, 0.2) is 18.5 Å². The van der Waals surface area contributed by atoms with E-state index in [1.165, 1.54) is 64.2 Å². The molecule has 0 spiro atoms. The van der Waals surface area contributed by atoms with Gasteiger partial charge in [-0.3, -0.25) is 4.79 Å². The van der Waals surface area contributed by atoms with E-state index in [9.17, 15) is 4.79 Å². The molecule has 152 valence electrons. The van der Waals surface area contributed by atoms with Gasteiger partial charge in [0.25, 0.3) is 0 Å². The fourth-order valence-corrected chi connectivity index (χ4v) is 3.71. The van der Waals surface area contributed by atoms with Gasteiger partial charge in [0.15, 0.2) is 0 Å². The fraction of sp³-hybridized carbons (Fsp3) is 0.773. The summed E-state index contributed by atoms with van der Waals surface area (Å²) in [7, 11) is 0. The molecule has 0 aromatic carbocycles. The van der Waals surface area contributed by atoms with Crippen molar-refractivity contribution in [1.82, 2.24) is 14.9 Å². The van der Waals surface area contributed by atoms with E-state index in [0.29, 0.717) is 12.3 Å². The van der Waals surface area contributed by atoms with Crippen molar-refractivity contribution < 1.29 is 4.79 Å². The van der Waals surface area contributed by atoms with E-state index in [1.54, 1.807) is 12.4 Å². The largest absolute Gasteiger partial charge is 0.339 e. The summed E-state index contributed by atoms with van der Waals surface area (Å²) in [6, 6.07) is 1.83. The van der Waals surface area contributed by atoms with Crippen molar-refractivity contribution >= 4 is 11.9 Å². The molecule has 27 heavy (non-hydrogen) atoms. The number of hydrogen-bond acceptors (Lipinski definition) is 4. The maximum Gasteiger partial charge on any atom is 0.225 e. The second-order valence-corrected chi connectivity index (χ2v) is 7.70. The van der Waals surface area contributed by atoms with E-state index in [4.69, 9.17) is 0 Å². The van der Waals surface area contributed by atoms with E-state index in [-0.39, 0.29) is 0 Å². The molecule has 1 aromatic heterocycles. The van der Waals surface area contributed by atoms with Crippen LogP contribution in [-0.2, 0) is 4.79 Å². The highest BCUT2D eigenvalue weighted by Gasteiger charge is 2.21. The predicted molar refractivity (Wildman–Crippen MR) is 112 cm³/mol. The molecule has 0 aliphatic carbocycles. The van der Waals surface area contributed by atoms with Gasteiger partial charge in [-0.25, -0.2) is 9.97 Å². The summed E-state index contributed by atoms with van der Waals surface area (Å²) in [5, 5.41) is 0. The van der Waals surface area contributed by atoms with Crippen LogP contribution >= 0.6 is 0 Å². The third-order valence-electron chi connectivity index (χ3n) is 5.46. The maximum atomic E-state index is 12.4. The molecule has 0 unspecified atom stereocenters. The standard InChI is InChI=1S/C22H38N4O/c1-2-3-4-5-6-7-8-9-10-11-12-14-21(27)25-17-19-26(20-18-25)22-23-15-13-16-24-22/h13,15-16H,2-12,14,17-20H2,1H3. The van der Waals surface area contributed by atoms with E-state index in [1.807, 2.05) is 11.0 Å². The zero-order valence-corrected chi connectivity index (χ0v) is 17.2. The summed E-state index contributed by atoms with van der Waals surface area (Å²) in [5.41, 5.74) is 0. The second kappa shape index (κ2) is 13.5. The second-order valence-electron chi connectivity index (χ2n) is 7.70. The lowest BCUT2D eigenvalue weighted by atomic mass is 10.1. The molecular weight excluding hydrogens is 336 g/mol. The van der Waals surface area contributed by atoms with Crippen molar-refractivity contribution in [2.45, 2.75) is 84.0 Å². The number of nitrogens with zero attached hydrogens (tertiary/aromatic N) is 4. The molecule has 2 rings (SSSR count). The Morgan fingerprint density at radius 3 is 1.89 bits per heavy atom. The molecule has 1 amide bonds. The zero-order chi connectivity index (χ0) is 19.2. The number of amides is 1. The number of rotatable bonds is 13. The minimum Gasteiger partial charge on any atom is -0.339 e. The molecule has 0 saturated carbocycles. The van der Waals surface area contributed by atoms with Gasteiger partial charge in [-0.15, -0.1) is 0 Å². The summed E-state index contributed by atoms with van der Waals surface area (Å²) < 4.78 is 0. The Bertz CT molecular complexity index is 500. The first-order valence-corrected chi connectivity index (χ1v) is 11.1. The molecule has 5 nitrogen and oxygen atoms in total. The monoisotopic (exact) mass is 374 g/mol. The van der Waals surface area contributed by atoms with Crippen LogP contribution in [0.3, 0.4) is 0 Å². The molecular formula is C22H38N4O. The van der Waals surface area contributed by atoms with Crippen molar-refractivity contribution in [3.63, 3.8) is 0 Å². The van der Waals surface area contributed by atoms with Gasteiger partial charge in [-0.1, -0.05) is 71.1 Å². The van der Waals surface area contributed by atoms with Crippen LogP contribution in [0.4, 0.5) is 5.95 Å². The lowest BCUT2D eigenvalue weighted by Gasteiger charge is -2.34.